The molecule has 2 aromatic carbocycles. The molecule has 1 heteroatoms. The van der Waals surface area contributed by atoms with Crippen LogP contribution in [0.1, 0.15) is 59.9 Å². The molecule has 1 heterocycles. The van der Waals surface area contributed by atoms with E-state index < -0.39 is 0 Å². The SMILES string of the molecule is CCc1ccc2c(c1)[C@H](c1ccc(C)cc1)[C@H]1CCN(CC)C[C@@H]21. The van der Waals surface area contributed by atoms with Gasteiger partial charge in [-0.3, -0.25) is 0 Å². The van der Waals surface area contributed by atoms with E-state index in [-0.39, 0.29) is 0 Å². The van der Waals surface area contributed by atoms with E-state index in [0.717, 1.165) is 12.3 Å². The van der Waals surface area contributed by atoms with Crippen LogP contribution in [0.25, 0.3) is 0 Å². The van der Waals surface area contributed by atoms with Gasteiger partial charge in [0.25, 0.3) is 0 Å². The Morgan fingerprint density at radius 3 is 2.50 bits per heavy atom. The number of fused-ring (bicyclic) bond motifs is 3. The number of benzene rings is 2. The minimum Gasteiger partial charge on any atom is -0.303 e. The molecule has 3 atom stereocenters. The van der Waals surface area contributed by atoms with Gasteiger partial charge in [-0.25, -0.2) is 0 Å². The van der Waals surface area contributed by atoms with Gasteiger partial charge in [-0.1, -0.05) is 61.9 Å². The van der Waals surface area contributed by atoms with E-state index in [2.05, 4.69) is 68.1 Å². The highest BCUT2D eigenvalue weighted by Gasteiger charge is 2.43. The van der Waals surface area contributed by atoms with Crippen LogP contribution in [0.2, 0.25) is 0 Å². The first kappa shape index (κ1) is 15.9. The van der Waals surface area contributed by atoms with Crippen LogP contribution < -0.4 is 0 Å². The molecule has 2 aromatic rings. The van der Waals surface area contributed by atoms with Crippen LogP contribution in [-0.2, 0) is 6.42 Å². The summed E-state index contributed by atoms with van der Waals surface area (Å²) in [4.78, 5) is 2.64. The van der Waals surface area contributed by atoms with Gasteiger partial charge in [0, 0.05) is 18.4 Å². The summed E-state index contributed by atoms with van der Waals surface area (Å²) < 4.78 is 0. The minimum atomic E-state index is 0.594. The summed E-state index contributed by atoms with van der Waals surface area (Å²) in [6.07, 6.45) is 2.46. The number of rotatable bonds is 3. The zero-order valence-corrected chi connectivity index (χ0v) is 15.3. The van der Waals surface area contributed by atoms with E-state index in [4.69, 9.17) is 0 Å². The van der Waals surface area contributed by atoms with E-state index in [9.17, 15) is 0 Å². The molecular weight excluding hydrogens is 290 g/mol. The largest absolute Gasteiger partial charge is 0.303 e. The van der Waals surface area contributed by atoms with Crippen molar-refractivity contribution in [3.8, 4) is 0 Å². The van der Waals surface area contributed by atoms with Crippen LogP contribution in [0, 0.1) is 12.8 Å². The van der Waals surface area contributed by atoms with Crippen LogP contribution in [0.3, 0.4) is 0 Å². The molecule has 1 nitrogen and oxygen atoms in total. The molecule has 0 bridgehead atoms. The standard InChI is InChI=1S/C23H29N/c1-4-17-8-11-19-21(14-17)23(18-9-6-16(3)7-10-18)20-12-13-24(5-2)15-22(19)20/h6-11,14,20,22-23H,4-5,12-13,15H2,1-3H3/t20-,22-,23+/m0/s1. The third kappa shape index (κ3) is 2.59. The summed E-state index contributed by atoms with van der Waals surface area (Å²) in [6, 6.07) is 16.6. The molecule has 4 rings (SSSR count). The van der Waals surface area contributed by atoms with Gasteiger partial charge < -0.3 is 4.90 Å². The molecule has 1 fully saturated rings. The van der Waals surface area contributed by atoms with Crippen LogP contribution in [0.5, 0.6) is 0 Å². The molecule has 0 radical (unpaired) electrons. The molecular formula is C23H29N. The highest BCUT2D eigenvalue weighted by molar-refractivity contribution is 5.49. The number of hydrogen-bond acceptors (Lipinski definition) is 1. The van der Waals surface area contributed by atoms with E-state index in [0.29, 0.717) is 11.8 Å². The topological polar surface area (TPSA) is 3.24 Å². The maximum absolute atomic E-state index is 2.64. The average molecular weight is 319 g/mol. The summed E-state index contributed by atoms with van der Waals surface area (Å²) in [6.45, 7) is 10.4. The van der Waals surface area contributed by atoms with E-state index in [1.807, 2.05) is 0 Å². The van der Waals surface area contributed by atoms with Gasteiger partial charge in [-0.05, 0) is 61.0 Å². The van der Waals surface area contributed by atoms with E-state index in [1.165, 1.54) is 42.7 Å². The highest BCUT2D eigenvalue weighted by Crippen LogP contribution is 2.53. The predicted octanol–water partition coefficient (Wildman–Crippen LogP) is 5.13. The van der Waals surface area contributed by atoms with Gasteiger partial charge in [0.2, 0.25) is 0 Å². The zero-order valence-electron chi connectivity index (χ0n) is 15.3. The Bertz CT molecular complexity index is 715. The molecule has 0 aromatic heterocycles. The number of piperidine rings is 1. The molecule has 126 valence electrons. The Balaban J connectivity index is 1.80. The summed E-state index contributed by atoms with van der Waals surface area (Å²) in [5.41, 5.74) is 7.60. The maximum atomic E-state index is 2.64. The maximum Gasteiger partial charge on any atom is 0.0127 e. The smallest absolute Gasteiger partial charge is 0.0127 e. The van der Waals surface area contributed by atoms with Crippen LogP contribution in [0.4, 0.5) is 0 Å². The summed E-state index contributed by atoms with van der Waals surface area (Å²) in [5.74, 6) is 2.08. The molecule has 0 unspecified atom stereocenters. The van der Waals surface area contributed by atoms with Crippen molar-refractivity contribution in [2.75, 3.05) is 19.6 Å². The third-order valence-corrected chi connectivity index (χ3v) is 6.36. The number of hydrogen-bond donors (Lipinski definition) is 0. The summed E-state index contributed by atoms with van der Waals surface area (Å²) >= 11 is 0. The van der Waals surface area contributed by atoms with Crippen LogP contribution in [0.15, 0.2) is 42.5 Å². The van der Waals surface area contributed by atoms with E-state index >= 15 is 0 Å². The quantitative estimate of drug-likeness (QED) is 0.758. The molecule has 1 aliphatic heterocycles. The Morgan fingerprint density at radius 1 is 1.00 bits per heavy atom. The third-order valence-electron chi connectivity index (χ3n) is 6.36. The van der Waals surface area contributed by atoms with Crippen LogP contribution >= 0.6 is 0 Å². The lowest BCUT2D eigenvalue weighted by Crippen LogP contribution is -2.38. The monoisotopic (exact) mass is 319 g/mol. The predicted molar refractivity (Wildman–Crippen MR) is 102 cm³/mol. The molecule has 0 amide bonds. The second-order valence-corrected chi connectivity index (χ2v) is 7.66. The number of likely N-dealkylation sites (N-methyl/N-ethyl adjacent to an activating group) is 1. The minimum absolute atomic E-state index is 0.594. The first-order chi connectivity index (χ1) is 11.7. The zero-order chi connectivity index (χ0) is 16.7. The lowest BCUT2D eigenvalue weighted by atomic mass is 9.78. The van der Waals surface area contributed by atoms with Crippen molar-refractivity contribution >= 4 is 0 Å². The van der Waals surface area contributed by atoms with Gasteiger partial charge in [0.1, 0.15) is 0 Å². The van der Waals surface area contributed by atoms with Crippen molar-refractivity contribution in [2.45, 2.75) is 45.4 Å². The fourth-order valence-electron chi connectivity index (χ4n) is 4.94. The van der Waals surface area contributed by atoms with Gasteiger partial charge in [0.15, 0.2) is 0 Å². The molecule has 1 saturated heterocycles. The molecule has 0 saturated carbocycles. The molecule has 1 aliphatic carbocycles. The van der Waals surface area contributed by atoms with E-state index in [1.54, 1.807) is 11.1 Å². The Labute approximate surface area is 146 Å². The fraction of sp³-hybridized carbons (Fsp3) is 0.478. The van der Waals surface area contributed by atoms with Gasteiger partial charge in [-0.2, -0.15) is 0 Å². The first-order valence-electron chi connectivity index (χ1n) is 9.63. The molecule has 0 spiro atoms. The van der Waals surface area contributed by atoms with Crippen molar-refractivity contribution in [1.82, 2.24) is 4.90 Å². The molecule has 24 heavy (non-hydrogen) atoms. The van der Waals surface area contributed by atoms with Gasteiger partial charge >= 0.3 is 0 Å². The van der Waals surface area contributed by atoms with Gasteiger partial charge in [-0.15, -0.1) is 0 Å². The van der Waals surface area contributed by atoms with Gasteiger partial charge in [0.05, 0.1) is 0 Å². The molecule has 0 N–H and O–H groups in total. The van der Waals surface area contributed by atoms with Crippen molar-refractivity contribution in [3.05, 3.63) is 70.3 Å². The number of likely N-dealkylation sites (tertiary alicyclic amines) is 1. The second-order valence-electron chi connectivity index (χ2n) is 7.66. The van der Waals surface area contributed by atoms with Crippen molar-refractivity contribution < 1.29 is 0 Å². The van der Waals surface area contributed by atoms with Crippen molar-refractivity contribution in [3.63, 3.8) is 0 Å². The van der Waals surface area contributed by atoms with Crippen molar-refractivity contribution in [1.29, 1.82) is 0 Å². The summed E-state index contributed by atoms with van der Waals surface area (Å²) in [5, 5.41) is 0. The number of aryl methyl sites for hydroxylation is 2. The fourth-order valence-corrected chi connectivity index (χ4v) is 4.94. The molecule has 2 aliphatic rings. The Morgan fingerprint density at radius 2 is 1.79 bits per heavy atom. The average Bonchev–Trinajstić information content (AvgIpc) is 2.95. The van der Waals surface area contributed by atoms with Crippen molar-refractivity contribution in [2.24, 2.45) is 5.92 Å². The highest BCUT2D eigenvalue weighted by atomic mass is 15.1. The van der Waals surface area contributed by atoms with Crippen LogP contribution in [-0.4, -0.2) is 24.5 Å². The first-order valence-corrected chi connectivity index (χ1v) is 9.63. The number of nitrogens with zero attached hydrogens (tertiary/aromatic N) is 1. The Hall–Kier alpha value is -1.60. The second kappa shape index (κ2) is 6.37. The normalized spacial score (nSPS) is 26.2. The Kier molecular flexibility index (Phi) is 4.22. The summed E-state index contributed by atoms with van der Waals surface area (Å²) in [7, 11) is 0. The lowest BCUT2D eigenvalue weighted by Gasteiger charge is -2.37. The lowest BCUT2D eigenvalue weighted by molar-refractivity contribution is 0.167.